The fourth-order valence-corrected chi connectivity index (χ4v) is 4.23. The Hall–Kier alpha value is -2.43. The van der Waals surface area contributed by atoms with Crippen LogP contribution in [0.15, 0.2) is 12.4 Å². The number of aryl methyl sites for hydroxylation is 1. The summed E-state index contributed by atoms with van der Waals surface area (Å²) in [6.07, 6.45) is -3.25. The van der Waals surface area contributed by atoms with Crippen molar-refractivity contribution in [3.05, 3.63) is 18.0 Å². The van der Waals surface area contributed by atoms with E-state index in [2.05, 4.69) is 21.1 Å². The number of carboxylic acids is 2. The molecule has 0 aliphatic carbocycles. The number of ether oxygens (including phenoxy) is 2. The van der Waals surface area contributed by atoms with Gasteiger partial charge >= 0.3 is 24.3 Å². The van der Waals surface area contributed by atoms with Gasteiger partial charge in [0.1, 0.15) is 0 Å². The maximum Gasteiger partial charge on any atom is 0.490 e. The molecule has 0 amide bonds. The van der Waals surface area contributed by atoms with Gasteiger partial charge in [0.15, 0.2) is 0 Å². The normalized spacial score (nSPS) is 25.1. The Labute approximate surface area is 202 Å². The van der Waals surface area contributed by atoms with E-state index in [9.17, 15) is 26.3 Å². The summed E-state index contributed by atoms with van der Waals surface area (Å²) in [4.78, 5) is 23.0. The number of aromatic nitrogens is 2. The number of rotatable bonds is 3. The summed E-state index contributed by atoms with van der Waals surface area (Å²) in [5.41, 5.74) is 1.30. The van der Waals surface area contributed by atoms with Crippen molar-refractivity contribution in [2.75, 3.05) is 39.5 Å². The van der Waals surface area contributed by atoms with Gasteiger partial charge in [-0.1, -0.05) is 0 Å². The maximum atomic E-state index is 10.6. The molecule has 206 valence electrons. The molecule has 3 fully saturated rings. The standard InChI is InChI=1S/C16H26N4O2.2C2HF3O2/c1-18-10-13(9-17-18)11-20-12-15(19-4-7-21-8-5-19)16-14(20)3-2-6-22-16;2*3-2(4,5)1(6)7/h9-10,14-16H,2-8,11-12H2,1H3;2*(H,6,7)/t14-,15-,16+;;/m0../s1. The minimum atomic E-state index is -5.08. The summed E-state index contributed by atoms with van der Waals surface area (Å²) in [6, 6.07) is 1.08. The van der Waals surface area contributed by atoms with Gasteiger partial charge in [0.05, 0.1) is 31.6 Å². The molecule has 0 saturated carbocycles. The summed E-state index contributed by atoms with van der Waals surface area (Å²) >= 11 is 0. The highest BCUT2D eigenvalue weighted by atomic mass is 19.4. The van der Waals surface area contributed by atoms with E-state index in [1.165, 1.54) is 18.4 Å². The minimum absolute atomic E-state index is 0.364. The molecule has 0 aromatic carbocycles. The van der Waals surface area contributed by atoms with Crippen molar-refractivity contribution < 1.29 is 55.6 Å². The molecule has 3 aliphatic rings. The second-order valence-corrected chi connectivity index (χ2v) is 8.32. The van der Waals surface area contributed by atoms with Crippen molar-refractivity contribution in [1.29, 1.82) is 0 Å². The predicted octanol–water partition coefficient (Wildman–Crippen LogP) is 1.75. The molecule has 1 aromatic rings. The van der Waals surface area contributed by atoms with Crippen LogP contribution in [0.25, 0.3) is 0 Å². The van der Waals surface area contributed by atoms with E-state index < -0.39 is 24.3 Å². The third kappa shape index (κ3) is 8.90. The Kier molecular flexibility index (Phi) is 10.5. The highest BCUT2D eigenvalue weighted by molar-refractivity contribution is 5.73. The van der Waals surface area contributed by atoms with Gasteiger partial charge in [-0.05, 0) is 12.8 Å². The summed E-state index contributed by atoms with van der Waals surface area (Å²) in [7, 11) is 1.98. The van der Waals surface area contributed by atoms with Crippen LogP contribution in [0.2, 0.25) is 0 Å². The first-order valence-electron chi connectivity index (χ1n) is 11.0. The van der Waals surface area contributed by atoms with Gasteiger partial charge < -0.3 is 19.7 Å². The van der Waals surface area contributed by atoms with E-state index in [4.69, 9.17) is 29.3 Å². The zero-order valence-electron chi connectivity index (χ0n) is 19.3. The second-order valence-electron chi connectivity index (χ2n) is 8.32. The first kappa shape index (κ1) is 29.8. The van der Waals surface area contributed by atoms with Crippen LogP contribution in [0.1, 0.15) is 18.4 Å². The number of carbonyl (C=O) groups is 2. The molecule has 2 N–H and O–H groups in total. The first-order valence-corrected chi connectivity index (χ1v) is 11.0. The average Bonchev–Trinajstić information content (AvgIpc) is 3.37. The quantitative estimate of drug-likeness (QED) is 0.560. The number of fused-ring (bicyclic) bond motifs is 1. The molecule has 0 radical (unpaired) electrons. The number of likely N-dealkylation sites (tertiary alicyclic amines) is 1. The van der Waals surface area contributed by atoms with Crippen LogP contribution in [0.3, 0.4) is 0 Å². The minimum Gasteiger partial charge on any atom is -0.475 e. The molecule has 10 nitrogen and oxygen atoms in total. The highest BCUT2D eigenvalue weighted by Crippen LogP contribution is 2.33. The van der Waals surface area contributed by atoms with Gasteiger partial charge in [0.25, 0.3) is 0 Å². The van der Waals surface area contributed by atoms with Crippen LogP contribution in [0, 0.1) is 0 Å². The lowest BCUT2D eigenvalue weighted by atomic mass is 10.00. The summed E-state index contributed by atoms with van der Waals surface area (Å²) < 4.78 is 77.1. The molecule has 1 aromatic heterocycles. The summed E-state index contributed by atoms with van der Waals surface area (Å²) in [5.74, 6) is -5.51. The van der Waals surface area contributed by atoms with Crippen molar-refractivity contribution in [1.82, 2.24) is 19.6 Å². The molecule has 4 rings (SSSR count). The number of carboxylic acid groups (broad SMARTS) is 2. The second kappa shape index (κ2) is 12.7. The first-order chi connectivity index (χ1) is 16.7. The SMILES string of the molecule is Cn1cc(CN2C[C@H](N3CCOCC3)[C@@H]3OCCC[C@@H]32)cn1.O=C(O)C(F)(F)F.O=C(O)C(F)(F)F. The molecule has 3 aliphatic heterocycles. The van der Waals surface area contributed by atoms with Gasteiger partial charge in [-0.15, -0.1) is 0 Å². The van der Waals surface area contributed by atoms with Crippen LogP contribution in [0.4, 0.5) is 26.3 Å². The van der Waals surface area contributed by atoms with Crippen LogP contribution in [-0.2, 0) is 32.7 Å². The van der Waals surface area contributed by atoms with Gasteiger partial charge in [0, 0.05) is 57.6 Å². The molecular formula is C20H28F6N4O6. The van der Waals surface area contributed by atoms with Crippen molar-refractivity contribution >= 4 is 11.9 Å². The largest absolute Gasteiger partial charge is 0.490 e. The Balaban J connectivity index is 0.000000271. The molecule has 3 saturated heterocycles. The number of nitrogens with zero attached hydrogens (tertiary/aromatic N) is 4. The van der Waals surface area contributed by atoms with E-state index in [0.717, 1.165) is 46.0 Å². The third-order valence-electron chi connectivity index (χ3n) is 5.75. The maximum absolute atomic E-state index is 10.6. The fourth-order valence-electron chi connectivity index (χ4n) is 4.23. The van der Waals surface area contributed by atoms with Crippen molar-refractivity contribution in [3.63, 3.8) is 0 Å². The number of morpholine rings is 1. The average molecular weight is 534 g/mol. The Morgan fingerprint density at radius 2 is 1.58 bits per heavy atom. The van der Waals surface area contributed by atoms with Crippen LogP contribution < -0.4 is 0 Å². The molecule has 4 heterocycles. The molecule has 0 bridgehead atoms. The van der Waals surface area contributed by atoms with E-state index in [1.54, 1.807) is 0 Å². The lowest BCUT2D eigenvalue weighted by Crippen LogP contribution is -2.51. The Morgan fingerprint density at radius 1 is 1.03 bits per heavy atom. The fraction of sp³-hybridized carbons (Fsp3) is 0.750. The molecule has 0 unspecified atom stereocenters. The van der Waals surface area contributed by atoms with Gasteiger partial charge in [0.2, 0.25) is 0 Å². The molecule has 0 spiro atoms. The lowest BCUT2D eigenvalue weighted by Gasteiger charge is -2.37. The van der Waals surface area contributed by atoms with Crippen molar-refractivity contribution in [2.45, 2.75) is 49.9 Å². The van der Waals surface area contributed by atoms with Gasteiger partial charge in [-0.2, -0.15) is 31.4 Å². The zero-order valence-corrected chi connectivity index (χ0v) is 19.3. The van der Waals surface area contributed by atoms with E-state index in [0.29, 0.717) is 18.2 Å². The van der Waals surface area contributed by atoms with Crippen molar-refractivity contribution in [2.24, 2.45) is 7.05 Å². The van der Waals surface area contributed by atoms with E-state index in [1.807, 2.05) is 17.9 Å². The smallest absolute Gasteiger partial charge is 0.475 e. The molecule has 3 atom stereocenters. The van der Waals surface area contributed by atoms with Crippen molar-refractivity contribution in [3.8, 4) is 0 Å². The van der Waals surface area contributed by atoms with E-state index >= 15 is 0 Å². The number of halogens is 6. The highest BCUT2D eigenvalue weighted by Gasteiger charge is 2.46. The Morgan fingerprint density at radius 3 is 2.06 bits per heavy atom. The van der Waals surface area contributed by atoms with Gasteiger partial charge in [-0.3, -0.25) is 14.5 Å². The topological polar surface area (TPSA) is 117 Å². The molecule has 36 heavy (non-hydrogen) atoms. The molecule has 16 heteroatoms. The van der Waals surface area contributed by atoms with Crippen LogP contribution >= 0.6 is 0 Å². The zero-order chi connectivity index (χ0) is 27.1. The number of alkyl halides is 6. The Bertz CT molecular complexity index is 834. The number of aliphatic carboxylic acids is 2. The number of hydrogen-bond acceptors (Lipinski definition) is 7. The predicted molar refractivity (Wildman–Crippen MR) is 110 cm³/mol. The van der Waals surface area contributed by atoms with E-state index in [-0.39, 0.29) is 0 Å². The monoisotopic (exact) mass is 534 g/mol. The van der Waals surface area contributed by atoms with Crippen LogP contribution in [0.5, 0.6) is 0 Å². The summed E-state index contributed by atoms with van der Waals surface area (Å²) in [5, 5.41) is 18.6. The number of hydrogen-bond donors (Lipinski definition) is 2. The third-order valence-corrected chi connectivity index (χ3v) is 5.75. The molecular weight excluding hydrogens is 506 g/mol. The van der Waals surface area contributed by atoms with Gasteiger partial charge in [-0.25, -0.2) is 9.59 Å². The lowest BCUT2D eigenvalue weighted by molar-refractivity contribution is -0.193. The van der Waals surface area contributed by atoms with Crippen LogP contribution in [-0.4, -0.2) is 112 Å². The summed E-state index contributed by atoms with van der Waals surface area (Å²) in [6.45, 7) is 6.80.